The maximum absolute atomic E-state index is 13.7. The SMILES string of the molecule is CCCCN(CCC[N+](C)(C)C)C(=O)CN1C[C@H](c2ccc3c(c2)OCO3)[C@@H](C(=O)O)[C@@H]1CCn1ccccc1=O. The lowest BCUT2D eigenvalue weighted by Crippen LogP contribution is -2.46. The fraction of sp³-hybridized carbons (Fsp3) is 0.581. The van der Waals surface area contributed by atoms with Crippen LogP contribution in [-0.4, -0.2) is 103 Å². The van der Waals surface area contributed by atoms with Gasteiger partial charge in [0.2, 0.25) is 18.3 Å². The van der Waals surface area contributed by atoms with Gasteiger partial charge in [0.15, 0.2) is 11.5 Å². The lowest BCUT2D eigenvalue weighted by Gasteiger charge is -2.31. The normalized spacial score (nSPS) is 20.3. The molecule has 2 aliphatic heterocycles. The van der Waals surface area contributed by atoms with Gasteiger partial charge >= 0.3 is 5.97 Å². The number of aryl methyl sites for hydroxylation is 1. The minimum atomic E-state index is -0.904. The van der Waals surface area contributed by atoms with Crippen molar-refractivity contribution >= 4 is 11.9 Å². The second kappa shape index (κ2) is 13.5. The Morgan fingerprint density at radius 1 is 1.07 bits per heavy atom. The molecule has 4 rings (SSSR count). The number of likely N-dealkylation sites (tertiary alicyclic amines) is 1. The van der Waals surface area contributed by atoms with E-state index in [0.717, 1.165) is 35.9 Å². The van der Waals surface area contributed by atoms with Crippen molar-refractivity contribution in [3.63, 3.8) is 0 Å². The van der Waals surface area contributed by atoms with Gasteiger partial charge in [-0.15, -0.1) is 0 Å². The number of benzene rings is 1. The molecule has 1 saturated heterocycles. The number of unbranched alkanes of at least 4 members (excludes halogenated alkanes) is 1. The summed E-state index contributed by atoms with van der Waals surface area (Å²) in [6, 6.07) is 10.2. The van der Waals surface area contributed by atoms with Crippen LogP contribution in [0, 0.1) is 5.92 Å². The number of quaternary nitrogens is 1. The maximum Gasteiger partial charge on any atom is 0.308 e. The van der Waals surface area contributed by atoms with Gasteiger partial charge in [-0.2, -0.15) is 0 Å². The number of hydrogen-bond acceptors (Lipinski definition) is 6. The quantitative estimate of drug-likeness (QED) is 0.349. The molecule has 0 saturated carbocycles. The molecule has 3 heterocycles. The van der Waals surface area contributed by atoms with Gasteiger partial charge in [0.05, 0.1) is 40.2 Å². The first-order chi connectivity index (χ1) is 19.6. The van der Waals surface area contributed by atoms with Gasteiger partial charge < -0.3 is 28.5 Å². The zero-order valence-corrected chi connectivity index (χ0v) is 24.8. The van der Waals surface area contributed by atoms with E-state index in [-0.39, 0.29) is 30.7 Å². The Morgan fingerprint density at radius 2 is 1.83 bits per heavy atom. The van der Waals surface area contributed by atoms with Crippen LogP contribution in [0.3, 0.4) is 0 Å². The van der Waals surface area contributed by atoms with Crippen LogP contribution in [-0.2, 0) is 16.1 Å². The number of fused-ring (bicyclic) bond motifs is 1. The summed E-state index contributed by atoms with van der Waals surface area (Å²) in [6.07, 6.45) is 4.97. The summed E-state index contributed by atoms with van der Waals surface area (Å²) >= 11 is 0. The third-order valence-corrected chi connectivity index (χ3v) is 8.15. The van der Waals surface area contributed by atoms with Gasteiger partial charge in [-0.25, -0.2) is 0 Å². The van der Waals surface area contributed by atoms with Crippen molar-refractivity contribution in [3.8, 4) is 11.5 Å². The molecule has 41 heavy (non-hydrogen) atoms. The van der Waals surface area contributed by atoms with E-state index in [1.54, 1.807) is 22.9 Å². The average molecular weight is 570 g/mol. The Kier molecular flexibility index (Phi) is 10.1. The van der Waals surface area contributed by atoms with E-state index in [9.17, 15) is 19.5 Å². The van der Waals surface area contributed by atoms with Crippen LogP contribution in [0.25, 0.3) is 0 Å². The van der Waals surface area contributed by atoms with Crippen LogP contribution in [0.5, 0.6) is 11.5 Å². The van der Waals surface area contributed by atoms with Gasteiger partial charge in [-0.1, -0.05) is 25.5 Å². The molecule has 10 nitrogen and oxygen atoms in total. The first-order valence-corrected chi connectivity index (χ1v) is 14.7. The first-order valence-electron chi connectivity index (χ1n) is 14.7. The average Bonchev–Trinajstić information content (AvgIpc) is 3.53. The molecule has 0 spiro atoms. The standard InChI is InChI=1S/C31H44N4O6/c1-5-6-14-32(16-9-18-35(2,3)4)29(37)21-34-20-24(23-11-12-26-27(19-23)41-22-40-26)30(31(38)39)25(34)13-17-33-15-8-7-10-28(33)36/h7-8,10-12,15,19,24-25,30H,5-6,9,13-14,16-18,20-22H2,1-4H3/p+1/t24-,25+,30-/m1/s1. The number of carbonyl (C=O) groups excluding carboxylic acids is 1. The van der Waals surface area contributed by atoms with E-state index in [1.807, 2.05) is 28.0 Å². The van der Waals surface area contributed by atoms with Crippen molar-refractivity contribution in [2.75, 3.05) is 60.7 Å². The van der Waals surface area contributed by atoms with Crippen LogP contribution >= 0.6 is 0 Å². The summed E-state index contributed by atoms with van der Waals surface area (Å²) in [7, 11) is 6.44. The predicted octanol–water partition coefficient (Wildman–Crippen LogP) is 2.86. The van der Waals surface area contributed by atoms with E-state index in [1.165, 1.54) is 6.07 Å². The summed E-state index contributed by atoms with van der Waals surface area (Å²) in [5.74, 6) is -0.710. The van der Waals surface area contributed by atoms with E-state index in [4.69, 9.17) is 9.47 Å². The summed E-state index contributed by atoms with van der Waals surface area (Å²) in [5.41, 5.74) is 0.722. The van der Waals surface area contributed by atoms with Crippen molar-refractivity contribution in [1.82, 2.24) is 14.4 Å². The van der Waals surface area contributed by atoms with Crippen molar-refractivity contribution in [1.29, 1.82) is 0 Å². The van der Waals surface area contributed by atoms with Crippen LogP contribution < -0.4 is 15.0 Å². The number of pyridine rings is 1. The highest BCUT2D eigenvalue weighted by Gasteiger charge is 2.47. The topological polar surface area (TPSA) is 101 Å². The van der Waals surface area contributed by atoms with Gasteiger partial charge in [-0.3, -0.25) is 19.3 Å². The van der Waals surface area contributed by atoms with Crippen LogP contribution in [0.1, 0.15) is 44.1 Å². The molecule has 2 aliphatic rings. The second-order valence-electron chi connectivity index (χ2n) is 12.2. The molecule has 0 unspecified atom stereocenters. The van der Waals surface area contributed by atoms with E-state index >= 15 is 0 Å². The van der Waals surface area contributed by atoms with Crippen molar-refractivity contribution in [2.24, 2.45) is 5.92 Å². The number of aromatic nitrogens is 1. The summed E-state index contributed by atoms with van der Waals surface area (Å²) in [5, 5.41) is 10.5. The third kappa shape index (κ3) is 7.89. The smallest absolute Gasteiger partial charge is 0.308 e. The van der Waals surface area contributed by atoms with Gasteiger partial charge in [0.25, 0.3) is 0 Å². The second-order valence-corrected chi connectivity index (χ2v) is 12.2. The number of carbonyl (C=O) groups is 2. The molecule has 3 atom stereocenters. The highest BCUT2D eigenvalue weighted by molar-refractivity contribution is 5.79. The molecular weight excluding hydrogens is 524 g/mol. The minimum Gasteiger partial charge on any atom is -0.481 e. The molecular formula is C31H45N4O6+. The largest absolute Gasteiger partial charge is 0.481 e. The Bertz CT molecular complexity index is 1260. The first kappa shape index (κ1) is 30.6. The Morgan fingerprint density at radius 3 is 2.54 bits per heavy atom. The highest BCUT2D eigenvalue weighted by Crippen LogP contribution is 2.42. The molecule has 10 heteroatoms. The van der Waals surface area contributed by atoms with Crippen molar-refractivity contribution in [3.05, 3.63) is 58.5 Å². The van der Waals surface area contributed by atoms with Gasteiger partial charge in [0, 0.05) is 56.8 Å². The van der Waals surface area contributed by atoms with E-state index < -0.39 is 17.9 Å². The van der Waals surface area contributed by atoms with Crippen LogP contribution in [0.4, 0.5) is 0 Å². The number of rotatable bonds is 14. The molecule has 1 amide bonds. The molecule has 0 aliphatic carbocycles. The summed E-state index contributed by atoms with van der Waals surface area (Å²) in [6.45, 7) is 5.53. The maximum atomic E-state index is 13.7. The number of ether oxygens (including phenoxy) is 2. The van der Waals surface area contributed by atoms with Crippen LogP contribution in [0.15, 0.2) is 47.4 Å². The lowest BCUT2D eigenvalue weighted by molar-refractivity contribution is -0.870. The summed E-state index contributed by atoms with van der Waals surface area (Å²) < 4.78 is 13.5. The number of aliphatic carboxylic acids is 1. The molecule has 1 aromatic carbocycles. The van der Waals surface area contributed by atoms with Crippen molar-refractivity contribution < 1.29 is 28.7 Å². The molecule has 0 bridgehead atoms. The monoisotopic (exact) mass is 569 g/mol. The third-order valence-electron chi connectivity index (χ3n) is 8.15. The fourth-order valence-corrected chi connectivity index (χ4v) is 5.97. The zero-order valence-electron chi connectivity index (χ0n) is 24.8. The molecule has 0 radical (unpaired) electrons. The number of hydrogen-bond donors (Lipinski definition) is 1. The number of amides is 1. The predicted molar refractivity (Wildman–Crippen MR) is 156 cm³/mol. The van der Waals surface area contributed by atoms with E-state index in [0.29, 0.717) is 44.1 Å². The summed E-state index contributed by atoms with van der Waals surface area (Å²) in [4.78, 5) is 42.9. The molecule has 1 aromatic heterocycles. The van der Waals surface area contributed by atoms with E-state index in [2.05, 4.69) is 28.1 Å². The van der Waals surface area contributed by atoms with Gasteiger partial charge in [0.1, 0.15) is 0 Å². The number of nitrogens with zero attached hydrogens (tertiary/aromatic N) is 4. The molecule has 1 fully saturated rings. The molecule has 2 aromatic rings. The zero-order chi connectivity index (χ0) is 29.6. The minimum absolute atomic E-state index is 0.0252. The Hall–Kier alpha value is -3.37. The molecule has 224 valence electrons. The van der Waals surface area contributed by atoms with Crippen LogP contribution in [0.2, 0.25) is 0 Å². The highest BCUT2D eigenvalue weighted by atomic mass is 16.7. The Balaban J connectivity index is 1.58. The van der Waals surface area contributed by atoms with Gasteiger partial charge in [-0.05, 0) is 36.6 Å². The fourth-order valence-electron chi connectivity index (χ4n) is 5.97. The number of carboxylic acids is 1. The lowest BCUT2D eigenvalue weighted by atomic mass is 9.84. The Labute approximate surface area is 242 Å². The number of carboxylic acid groups (broad SMARTS) is 1. The van der Waals surface area contributed by atoms with Crippen molar-refractivity contribution in [2.45, 2.75) is 51.1 Å². The molecule has 1 N–H and O–H groups in total.